The molecule has 1 aliphatic carbocycles. The molecule has 2 aliphatic rings. The first kappa shape index (κ1) is 18.8. The number of benzene rings is 1. The maximum absolute atomic E-state index is 11.5. The summed E-state index contributed by atoms with van der Waals surface area (Å²) >= 11 is 0. The summed E-state index contributed by atoms with van der Waals surface area (Å²) in [6, 6.07) is 10.7. The average Bonchev–Trinajstić information content (AvgIpc) is 2.61. The third kappa shape index (κ3) is 5.78. The van der Waals surface area contributed by atoms with Crippen LogP contribution in [0.1, 0.15) is 50.0 Å². The first-order valence-corrected chi connectivity index (χ1v) is 11.3. The maximum atomic E-state index is 11.5. The summed E-state index contributed by atoms with van der Waals surface area (Å²) in [5, 5.41) is 3.41. The lowest BCUT2D eigenvalue weighted by Gasteiger charge is -2.35. The van der Waals surface area contributed by atoms with Crippen LogP contribution in [-0.2, 0) is 14.8 Å². The lowest BCUT2D eigenvalue weighted by molar-refractivity contribution is 0.00524. The van der Waals surface area contributed by atoms with Crippen molar-refractivity contribution in [2.45, 2.75) is 62.6 Å². The SMILES string of the molecule is CS(=O)(=O)NC1CCCN[C@H]1COC1CCC(c2ccccc2)CC1. The summed E-state index contributed by atoms with van der Waals surface area (Å²) < 4.78 is 32.0. The molecule has 0 spiro atoms. The lowest BCUT2D eigenvalue weighted by atomic mass is 9.83. The summed E-state index contributed by atoms with van der Waals surface area (Å²) in [6.45, 7) is 1.50. The van der Waals surface area contributed by atoms with Crippen molar-refractivity contribution in [3.05, 3.63) is 35.9 Å². The number of ether oxygens (including phenoxy) is 1. The van der Waals surface area contributed by atoms with Gasteiger partial charge in [0.25, 0.3) is 0 Å². The Balaban J connectivity index is 1.45. The van der Waals surface area contributed by atoms with Gasteiger partial charge in [0.2, 0.25) is 10.0 Å². The van der Waals surface area contributed by atoms with Crippen LogP contribution in [0.15, 0.2) is 30.3 Å². The molecule has 3 rings (SSSR count). The van der Waals surface area contributed by atoms with Crippen LogP contribution in [0.25, 0.3) is 0 Å². The molecule has 1 saturated carbocycles. The minimum Gasteiger partial charge on any atom is -0.377 e. The van der Waals surface area contributed by atoms with Gasteiger partial charge in [-0.2, -0.15) is 0 Å². The van der Waals surface area contributed by atoms with Crippen LogP contribution >= 0.6 is 0 Å². The highest BCUT2D eigenvalue weighted by Gasteiger charge is 2.29. The van der Waals surface area contributed by atoms with Gasteiger partial charge in [-0.3, -0.25) is 0 Å². The quantitative estimate of drug-likeness (QED) is 0.811. The summed E-state index contributed by atoms with van der Waals surface area (Å²) in [4.78, 5) is 0. The van der Waals surface area contributed by atoms with E-state index in [-0.39, 0.29) is 12.1 Å². The fraction of sp³-hybridized carbons (Fsp3) is 0.684. The van der Waals surface area contributed by atoms with E-state index in [0.29, 0.717) is 18.6 Å². The fourth-order valence-electron chi connectivity index (χ4n) is 4.07. The summed E-state index contributed by atoms with van der Waals surface area (Å²) in [6.07, 6.45) is 7.87. The van der Waals surface area contributed by atoms with Gasteiger partial charge in [0.05, 0.1) is 19.0 Å². The maximum Gasteiger partial charge on any atom is 0.209 e. The van der Waals surface area contributed by atoms with Gasteiger partial charge in [-0.1, -0.05) is 30.3 Å². The first-order chi connectivity index (χ1) is 12.0. The van der Waals surface area contributed by atoms with Gasteiger partial charge in [0, 0.05) is 12.1 Å². The fourth-order valence-corrected chi connectivity index (χ4v) is 4.90. The highest BCUT2D eigenvalue weighted by atomic mass is 32.2. The number of nitrogens with one attached hydrogen (secondary N) is 2. The van der Waals surface area contributed by atoms with E-state index in [0.717, 1.165) is 45.1 Å². The third-order valence-corrected chi connectivity index (χ3v) is 6.14. The van der Waals surface area contributed by atoms with Crippen molar-refractivity contribution in [3.63, 3.8) is 0 Å². The van der Waals surface area contributed by atoms with Crippen LogP contribution in [-0.4, -0.2) is 46.0 Å². The molecule has 1 unspecified atom stereocenters. The predicted octanol–water partition coefficient (Wildman–Crippen LogP) is 2.40. The first-order valence-electron chi connectivity index (χ1n) is 9.38. The second kappa shape index (κ2) is 8.62. The molecule has 1 aromatic rings. The van der Waals surface area contributed by atoms with E-state index in [9.17, 15) is 8.42 Å². The second-order valence-corrected chi connectivity index (χ2v) is 9.20. The van der Waals surface area contributed by atoms with Crippen LogP contribution in [0, 0.1) is 0 Å². The van der Waals surface area contributed by atoms with Gasteiger partial charge >= 0.3 is 0 Å². The molecule has 1 saturated heterocycles. The number of rotatable bonds is 6. The van der Waals surface area contributed by atoms with Crippen molar-refractivity contribution in [2.24, 2.45) is 0 Å². The highest BCUT2D eigenvalue weighted by molar-refractivity contribution is 7.88. The van der Waals surface area contributed by atoms with E-state index < -0.39 is 10.0 Å². The summed E-state index contributed by atoms with van der Waals surface area (Å²) in [7, 11) is -3.18. The Bertz CT molecular complexity index is 627. The molecule has 25 heavy (non-hydrogen) atoms. The zero-order chi connectivity index (χ0) is 17.7. The van der Waals surface area contributed by atoms with E-state index >= 15 is 0 Å². The average molecular weight is 367 g/mol. The molecule has 2 N–H and O–H groups in total. The normalized spacial score (nSPS) is 30.9. The van der Waals surface area contributed by atoms with Crippen LogP contribution < -0.4 is 10.0 Å². The molecule has 0 aromatic heterocycles. The number of hydrogen-bond donors (Lipinski definition) is 2. The zero-order valence-corrected chi connectivity index (χ0v) is 15.8. The largest absolute Gasteiger partial charge is 0.377 e. The van der Waals surface area contributed by atoms with Gasteiger partial charge in [-0.25, -0.2) is 13.1 Å². The molecule has 0 bridgehead atoms. The summed E-state index contributed by atoms with van der Waals surface area (Å²) in [5.74, 6) is 0.647. The van der Waals surface area contributed by atoms with Gasteiger partial charge in [0.1, 0.15) is 0 Å². The van der Waals surface area contributed by atoms with E-state index in [1.165, 1.54) is 11.8 Å². The van der Waals surface area contributed by atoms with E-state index in [4.69, 9.17) is 4.74 Å². The molecule has 6 heteroatoms. The number of piperidine rings is 1. The van der Waals surface area contributed by atoms with Crippen LogP contribution in [0.2, 0.25) is 0 Å². The minimum atomic E-state index is -3.18. The second-order valence-electron chi connectivity index (χ2n) is 7.42. The van der Waals surface area contributed by atoms with Crippen LogP contribution in [0.4, 0.5) is 0 Å². The monoisotopic (exact) mass is 366 g/mol. The van der Waals surface area contributed by atoms with Gasteiger partial charge < -0.3 is 10.1 Å². The van der Waals surface area contributed by atoms with E-state index in [1.807, 2.05) is 0 Å². The molecule has 1 aromatic carbocycles. The molecule has 0 amide bonds. The third-order valence-electron chi connectivity index (χ3n) is 5.41. The molecule has 1 aliphatic heterocycles. The van der Waals surface area contributed by atoms with Gasteiger partial charge in [-0.15, -0.1) is 0 Å². The molecule has 5 nitrogen and oxygen atoms in total. The van der Waals surface area contributed by atoms with Crippen LogP contribution in [0.5, 0.6) is 0 Å². The molecule has 1 heterocycles. The number of hydrogen-bond acceptors (Lipinski definition) is 4. The van der Waals surface area contributed by atoms with Gasteiger partial charge in [-0.05, 0) is 56.6 Å². The molecular formula is C19H30N2O3S. The Hall–Kier alpha value is -0.950. The molecule has 2 fully saturated rings. The Labute approximate surface area is 151 Å². The van der Waals surface area contributed by atoms with Crippen molar-refractivity contribution in [2.75, 3.05) is 19.4 Å². The highest BCUT2D eigenvalue weighted by Crippen LogP contribution is 2.34. The standard InChI is InChI=1S/C19H30N2O3S/c1-25(22,23)21-18-8-5-13-20-19(18)14-24-17-11-9-16(10-12-17)15-6-3-2-4-7-15/h2-4,6-7,16-21H,5,8-14H2,1H3/t16?,17?,18?,19-/m0/s1. The Morgan fingerprint density at radius 2 is 1.84 bits per heavy atom. The van der Waals surface area contributed by atoms with E-state index in [1.54, 1.807) is 0 Å². The smallest absolute Gasteiger partial charge is 0.209 e. The lowest BCUT2D eigenvalue weighted by Crippen LogP contribution is -2.55. The van der Waals surface area contributed by atoms with Crippen molar-refractivity contribution in [3.8, 4) is 0 Å². The molecule has 140 valence electrons. The molecule has 2 atom stereocenters. The van der Waals surface area contributed by atoms with Gasteiger partial charge in [0.15, 0.2) is 0 Å². The summed E-state index contributed by atoms with van der Waals surface area (Å²) in [5.41, 5.74) is 1.44. The number of sulfonamides is 1. The van der Waals surface area contributed by atoms with Crippen LogP contribution in [0.3, 0.4) is 0 Å². The molecule has 0 radical (unpaired) electrons. The molecular weight excluding hydrogens is 336 g/mol. The predicted molar refractivity (Wildman–Crippen MR) is 100 cm³/mol. The Morgan fingerprint density at radius 1 is 1.12 bits per heavy atom. The minimum absolute atomic E-state index is 0.0651. The Morgan fingerprint density at radius 3 is 2.52 bits per heavy atom. The van der Waals surface area contributed by atoms with E-state index in [2.05, 4.69) is 40.4 Å². The van der Waals surface area contributed by atoms with Crippen molar-refractivity contribution in [1.29, 1.82) is 0 Å². The van der Waals surface area contributed by atoms with Crippen molar-refractivity contribution >= 4 is 10.0 Å². The van der Waals surface area contributed by atoms with Crippen molar-refractivity contribution < 1.29 is 13.2 Å². The topological polar surface area (TPSA) is 67.4 Å². The Kier molecular flexibility index (Phi) is 6.49. The zero-order valence-electron chi connectivity index (χ0n) is 15.0. The van der Waals surface area contributed by atoms with Crippen molar-refractivity contribution in [1.82, 2.24) is 10.0 Å².